The number of nitro benzene ring substituents is 1. The molecule has 0 spiro atoms. The number of hydrogen-bond acceptors (Lipinski definition) is 5. The molecule has 25 heavy (non-hydrogen) atoms. The molecule has 0 radical (unpaired) electrons. The molecule has 130 valence electrons. The summed E-state index contributed by atoms with van der Waals surface area (Å²) >= 11 is 0. The normalized spacial score (nSPS) is 10.7. The van der Waals surface area contributed by atoms with E-state index in [1.54, 1.807) is 0 Å². The van der Waals surface area contributed by atoms with Crippen molar-refractivity contribution in [2.75, 3.05) is 5.32 Å². The number of hydrogen-bond donors (Lipinski definition) is 4. The lowest BCUT2D eigenvalue weighted by Crippen LogP contribution is -2.80. The number of benzene rings is 2. The highest BCUT2D eigenvalue weighted by Gasteiger charge is 2.15. The van der Waals surface area contributed by atoms with Gasteiger partial charge in [-0.15, -0.1) is 0 Å². The van der Waals surface area contributed by atoms with E-state index in [9.17, 15) is 23.3 Å². The first-order chi connectivity index (χ1) is 11.7. The smallest absolute Gasteiger partial charge is 0.322 e. The van der Waals surface area contributed by atoms with Crippen molar-refractivity contribution in [3.8, 4) is 0 Å². The van der Waals surface area contributed by atoms with Crippen molar-refractivity contribution < 1.29 is 22.5 Å². The molecule has 0 aliphatic rings. The van der Waals surface area contributed by atoms with Gasteiger partial charge in [-0.1, -0.05) is 0 Å². The topological polar surface area (TPSA) is 172 Å². The Kier molecular flexibility index (Phi) is 4.98. The number of amides is 1. The third-order valence-electron chi connectivity index (χ3n) is 3.02. The molecule has 0 heterocycles. The summed E-state index contributed by atoms with van der Waals surface area (Å²) in [7, 11) is -3.88. The van der Waals surface area contributed by atoms with E-state index >= 15 is 0 Å². The monoisotopic (exact) mass is 364 g/mol. The SMILES string of the molecule is NC(N)=[NH+]S(=O)(=O)c1ccc(NC(=O)c2ccc([N+](=O)[O-])cc2)cc1. The van der Waals surface area contributed by atoms with Crippen molar-refractivity contribution in [3.63, 3.8) is 0 Å². The number of sulfonamides is 1. The number of non-ortho nitro benzene ring substituents is 1. The molecule has 0 aliphatic carbocycles. The average Bonchev–Trinajstić information content (AvgIpc) is 2.54. The van der Waals surface area contributed by atoms with E-state index in [0.717, 1.165) is 0 Å². The van der Waals surface area contributed by atoms with Crippen LogP contribution in [0.25, 0.3) is 0 Å². The molecule has 0 fully saturated rings. The van der Waals surface area contributed by atoms with Crippen LogP contribution in [0.1, 0.15) is 10.4 Å². The molecular weight excluding hydrogens is 350 g/mol. The van der Waals surface area contributed by atoms with Crippen molar-refractivity contribution in [1.82, 2.24) is 0 Å². The maximum atomic E-state index is 12.1. The molecular formula is C14H14N5O5S+. The highest BCUT2D eigenvalue weighted by Crippen LogP contribution is 2.15. The minimum atomic E-state index is -3.88. The Hall–Kier alpha value is -3.47. The third-order valence-corrected chi connectivity index (χ3v) is 4.41. The Morgan fingerprint density at radius 3 is 2.08 bits per heavy atom. The van der Waals surface area contributed by atoms with Crippen LogP contribution in [0.5, 0.6) is 0 Å². The molecule has 2 aromatic rings. The van der Waals surface area contributed by atoms with E-state index < -0.39 is 26.8 Å². The van der Waals surface area contributed by atoms with E-state index in [0.29, 0.717) is 5.69 Å². The molecule has 1 amide bonds. The Labute approximate surface area is 142 Å². The minimum Gasteiger partial charge on any atom is -0.322 e. The zero-order chi connectivity index (χ0) is 18.6. The number of rotatable bonds is 5. The van der Waals surface area contributed by atoms with Crippen LogP contribution in [-0.2, 0) is 10.0 Å². The lowest BCUT2D eigenvalue weighted by molar-refractivity contribution is -0.384. The summed E-state index contributed by atoms with van der Waals surface area (Å²) < 4.78 is 25.6. The van der Waals surface area contributed by atoms with Crippen LogP contribution in [0.2, 0.25) is 0 Å². The van der Waals surface area contributed by atoms with Crippen molar-refractivity contribution in [2.24, 2.45) is 11.5 Å². The van der Waals surface area contributed by atoms with Crippen LogP contribution in [0.4, 0.5) is 11.4 Å². The summed E-state index contributed by atoms with van der Waals surface area (Å²) in [5, 5.41) is 13.1. The van der Waals surface area contributed by atoms with Gasteiger partial charge in [0, 0.05) is 23.4 Å². The number of carbonyl (C=O) groups excluding carboxylic acids is 1. The van der Waals surface area contributed by atoms with E-state index in [2.05, 4.69) is 5.32 Å². The largest absolute Gasteiger partial charge is 0.353 e. The van der Waals surface area contributed by atoms with Gasteiger partial charge in [0.15, 0.2) is 0 Å². The van der Waals surface area contributed by atoms with Crippen molar-refractivity contribution in [1.29, 1.82) is 0 Å². The molecule has 10 nitrogen and oxygen atoms in total. The van der Waals surface area contributed by atoms with Crippen LogP contribution in [-0.4, -0.2) is 25.2 Å². The van der Waals surface area contributed by atoms with Crippen molar-refractivity contribution in [3.05, 3.63) is 64.2 Å². The van der Waals surface area contributed by atoms with Crippen LogP contribution >= 0.6 is 0 Å². The van der Waals surface area contributed by atoms with Crippen LogP contribution in [0.15, 0.2) is 53.4 Å². The minimum absolute atomic E-state index is 0.0887. The second-order valence-electron chi connectivity index (χ2n) is 4.84. The zero-order valence-corrected chi connectivity index (χ0v) is 13.5. The van der Waals surface area contributed by atoms with Gasteiger partial charge in [0.2, 0.25) is 0 Å². The molecule has 11 heteroatoms. The molecule has 0 bridgehead atoms. The second kappa shape index (κ2) is 6.97. The van der Waals surface area contributed by atoms with E-state index in [4.69, 9.17) is 11.5 Å². The molecule has 0 saturated carbocycles. The molecule has 6 N–H and O–H groups in total. The first-order valence-corrected chi connectivity index (χ1v) is 8.24. The van der Waals surface area contributed by atoms with Gasteiger partial charge in [-0.05, 0) is 36.4 Å². The first-order valence-electron chi connectivity index (χ1n) is 6.75. The second-order valence-corrected chi connectivity index (χ2v) is 6.53. The fourth-order valence-electron chi connectivity index (χ4n) is 1.87. The lowest BCUT2D eigenvalue weighted by atomic mass is 10.2. The highest BCUT2D eigenvalue weighted by molar-refractivity contribution is 7.84. The number of anilines is 1. The van der Waals surface area contributed by atoms with E-state index in [1.807, 2.05) is 4.40 Å². The van der Waals surface area contributed by atoms with Gasteiger partial charge in [0.25, 0.3) is 11.6 Å². The predicted molar refractivity (Wildman–Crippen MR) is 89.0 cm³/mol. The average molecular weight is 364 g/mol. The van der Waals surface area contributed by atoms with Crippen LogP contribution in [0, 0.1) is 10.1 Å². The first kappa shape index (κ1) is 17.9. The summed E-state index contributed by atoms with van der Waals surface area (Å²) in [6.07, 6.45) is 0. The summed E-state index contributed by atoms with van der Waals surface area (Å²) in [5.41, 5.74) is 10.6. The number of carbonyl (C=O) groups is 1. The Morgan fingerprint density at radius 2 is 1.60 bits per heavy atom. The Balaban J connectivity index is 2.14. The summed E-state index contributed by atoms with van der Waals surface area (Å²) in [6.45, 7) is 0. The molecule has 0 saturated heterocycles. The fourth-order valence-corrected chi connectivity index (χ4v) is 2.79. The molecule has 0 atom stereocenters. The van der Waals surface area contributed by atoms with Gasteiger partial charge in [-0.2, -0.15) is 12.8 Å². The van der Waals surface area contributed by atoms with E-state index in [-0.39, 0.29) is 16.1 Å². The lowest BCUT2D eigenvalue weighted by Gasteiger charge is -2.06. The highest BCUT2D eigenvalue weighted by atomic mass is 32.2. The Bertz CT molecular complexity index is 933. The molecule has 0 aromatic heterocycles. The van der Waals surface area contributed by atoms with Gasteiger partial charge >= 0.3 is 16.0 Å². The number of nitrogens with zero attached hydrogens (tertiary/aromatic N) is 1. The van der Waals surface area contributed by atoms with E-state index in [1.165, 1.54) is 48.5 Å². The Morgan fingerprint density at radius 1 is 1.04 bits per heavy atom. The predicted octanol–water partition coefficient (Wildman–Crippen LogP) is -1.11. The number of nitrogens with one attached hydrogen (secondary N) is 2. The number of nitrogens with two attached hydrogens (primary N) is 2. The zero-order valence-electron chi connectivity index (χ0n) is 12.7. The van der Waals surface area contributed by atoms with Gasteiger partial charge in [-0.25, -0.2) is 0 Å². The van der Waals surface area contributed by atoms with Crippen molar-refractivity contribution in [2.45, 2.75) is 4.90 Å². The van der Waals surface area contributed by atoms with Gasteiger partial charge < -0.3 is 5.32 Å². The number of guanidine groups is 1. The maximum Gasteiger partial charge on any atom is 0.353 e. The molecule has 2 rings (SSSR count). The van der Waals surface area contributed by atoms with Gasteiger partial charge in [0.1, 0.15) is 4.90 Å². The fraction of sp³-hybridized carbons (Fsp3) is 0. The quantitative estimate of drug-likeness (QED) is 0.225. The van der Waals surface area contributed by atoms with Gasteiger partial charge in [-0.3, -0.25) is 26.4 Å². The summed E-state index contributed by atoms with van der Waals surface area (Å²) in [4.78, 5) is 22.0. The van der Waals surface area contributed by atoms with Crippen LogP contribution in [0.3, 0.4) is 0 Å². The molecule has 0 unspecified atom stereocenters. The van der Waals surface area contributed by atoms with Crippen molar-refractivity contribution >= 4 is 33.3 Å². The van der Waals surface area contributed by atoms with Crippen LogP contribution < -0.4 is 21.2 Å². The molecule has 0 aliphatic heterocycles. The maximum absolute atomic E-state index is 12.1. The summed E-state index contributed by atoms with van der Waals surface area (Å²) in [6, 6.07) is 10.3. The standard InChI is InChI=1S/C14H13N5O5S/c15-14(16)18-25(23,24)12-7-3-10(4-8-12)17-13(20)9-1-5-11(6-2-9)19(21)22/h1-8H,(H,17,20)(H4,15,16,18)/p+1. The molecule has 2 aromatic carbocycles. The number of nitro groups is 1. The van der Waals surface area contributed by atoms with Gasteiger partial charge in [0.05, 0.1) is 4.92 Å². The summed E-state index contributed by atoms with van der Waals surface area (Å²) in [5.74, 6) is -0.960. The third kappa shape index (κ3) is 4.51.